The van der Waals surface area contributed by atoms with Gasteiger partial charge in [0.05, 0.1) is 40.4 Å². The molecule has 0 saturated heterocycles. The zero-order chi connectivity index (χ0) is 30.3. The Hall–Kier alpha value is -5.42. The Labute approximate surface area is 252 Å². The van der Waals surface area contributed by atoms with E-state index in [9.17, 15) is 5.26 Å². The number of halogens is 3. The molecule has 2 aliphatic heterocycles. The first-order valence-electron chi connectivity index (χ1n) is 14.2. The average Bonchev–Trinajstić information content (AvgIpc) is 3.07. The minimum Gasteiger partial charge on any atom is -0.489 e. The summed E-state index contributed by atoms with van der Waals surface area (Å²) in [5, 5.41) is 10.3. The second-order valence-corrected chi connectivity index (χ2v) is 10.6. The van der Waals surface area contributed by atoms with Crippen LogP contribution in [0, 0.1) is 11.3 Å². The van der Waals surface area contributed by atoms with E-state index in [0.717, 1.165) is 11.1 Å². The molecular formula is C36H26F3N3O2. The molecule has 5 aromatic rings. The van der Waals surface area contributed by atoms with Crippen LogP contribution in [0.2, 0.25) is 0 Å². The third-order valence-corrected chi connectivity index (χ3v) is 8.10. The van der Waals surface area contributed by atoms with Gasteiger partial charge in [-0.05, 0) is 47.5 Å². The highest BCUT2D eigenvalue weighted by atomic mass is 19.4. The molecule has 218 valence electrons. The van der Waals surface area contributed by atoms with E-state index in [0.29, 0.717) is 22.9 Å². The van der Waals surface area contributed by atoms with Crippen LogP contribution in [0.15, 0.2) is 121 Å². The third kappa shape index (κ3) is 4.67. The van der Waals surface area contributed by atoms with Crippen LogP contribution in [0.3, 0.4) is 0 Å². The van der Waals surface area contributed by atoms with Crippen molar-refractivity contribution in [2.75, 3.05) is 23.0 Å². The van der Waals surface area contributed by atoms with E-state index in [1.54, 1.807) is 58.3 Å². The molecule has 0 bridgehead atoms. The molecule has 5 nitrogen and oxygen atoms in total. The van der Waals surface area contributed by atoms with Crippen molar-refractivity contribution < 1.29 is 22.6 Å². The number of fused-ring (bicyclic) bond motifs is 2. The van der Waals surface area contributed by atoms with Crippen molar-refractivity contribution in [2.24, 2.45) is 0 Å². The summed E-state index contributed by atoms with van der Waals surface area (Å²) in [5.74, 6) is 0.929. The average molecular weight is 590 g/mol. The van der Waals surface area contributed by atoms with Gasteiger partial charge in [-0.25, -0.2) is 0 Å². The molecule has 0 amide bonds. The van der Waals surface area contributed by atoms with Crippen LogP contribution in [0.5, 0.6) is 11.5 Å². The Kier molecular flexibility index (Phi) is 6.86. The predicted molar refractivity (Wildman–Crippen MR) is 163 cm³/mol. The van der Waals surface area contributed by atoms with Gasteiger partial charge in [0.15, 0.2) is 0 Å². The Morgan fingerprint density at radius 1 is 0.591 bits per heavy atom. The first kappa shape index (κ1) is 27.4. The molecule has 0 spiro atoms. The lowest BCUT2D eigenvalue weighted by atomic mass is 9.94. The van der Waals surface area contributed by atoms with Crippen molar-refractivity contribution in [3.8, 4) is 17.6 Å². The van der Waals surface area contributed by atoms with Crippen LogP contribution in [0.4, 0.5) is 35.9 Å². The number of rotatable bonds is 4. The summed E-state index contributed by atoms with van der Waals surface area (Å²) < 4.78 is 59.3. The van der Waals surface area contributed by atoms with Gasteiger partial charge in [-0.1, -0.05) is 84.9 Å². The summed E-state index contributed by atoms with van der Waals surface area (Å²) in [7, 11) is 0. The van der Waals surface area contributed by atoms with Gasteiger partial charge >= 0.3 is 6.18 Å². The SMILES string of the molecule is N#Cc1ccc(N2c3ccccc3OCC2c2ccccc2)c(C(F)(F)F)c1N1c2ccccc2OCC1c1ccccc1. The van der Waals surface area contributed by atoms with E-state index < -0.39 is 23.8 Å². The van der Waals surface area contributed by atoms with E-state index in [1.165, 1.54) is 12.1 Å². The van der Waals surface area contributed by atoms with E-state index in [1.807, 2.05) is 60.7 Å². The van der Waals surface area contributed by atoms with Gasteiger partial charge in [0.2, 0.25) is 0 Å². The maximum absolute atomic E-state index is 15.7. The lowest BCUT2D eigenvalue weighted by Crippen LogP contribution is -2.37. The van der Waals surface area contributed by atoms with Crippen molar-refractivity contribution in [3.05, 3.63) is 144 Å². The molecule has 8 heteroatoms. The molecule has 0 saturated carbocycles. The summed E-state index contributed by atoms with van der Waals surface area (Å²) in [5.41, 5.74) is 1.28. The minimum absolute atomic E-state index is 0.0631. The summed E-state index contributed by atoms with van der Waals surface area (Å²) in [6.07, 6.45) is -4.83. The van der Waals surface area contributed by atoms with Crippen LogP contribution in [-0.2, 0) is 6.18 Å². The van der Waals surface area contributed by atoms with Gasteiger partial charge in [0, 0.05) is 0 Å². The van der Waals surface area contributed by atoms with Gasteiger partial charge in [-0.2, -0.15) is 18.4 Å². The number of nitrogens with zero attached hydrogens (tertiary/aromatic N) is 3. The van der Waals surface area contributed by atoms with Gasteiger partial charge in [0.25, 0.3) is 0 Å². The molecule has 0 radical (unpaired) electrons. The molecule has 0 fully saturated rings. The molecule has 7 rings (SSSR count). The Balaban J connectivity index is 1.54. The molecule has 0 aromatic heterocycles. The quantitative estimate of drug-likeness (QED) is 0.209. The van der Waals surface area contributed by atoms with Crippen molar-refractivity contribution in [3.63, 3.8) is 0 Å². The molecule has 2 unspecified atom stereocenters. The van der Waals surface area contributed by atoms with Crippen LogP contribution in [-0.4, -0.2) is 13.2 Å². The maximum Gasteiger partial charge on any atom is 0.420 e. The van der Waals surface area contributed by atoms with Crippen molar-refractivity contribution >= 4 is 22.7 Å². The fraction of sp³-hybridized carbons (Fsp3) is 0.139. The van der Waals surface area contributed by atoms with Gasteiger partial charge < -0.3 is 19.3 Å². The number of para-hydroxylation sites is 4. The van der Waals surface area contributed by atoms with Crippen molar-refractivity contribution in [1.82, 2.24) is 0 Å². The highest BCUT2D eigenvalue weighted by molar-refractivity contribution is 5.86. The molecule has 2 aliphatic rings. The second kappa shape index (κ2) is 11.0. The molecular weight excluding hydrogens is 563 g/mol. The second-order valence-electron chi connectivity index (χ2n) is 10.6. The molecule has 2 atom stereocenters. The number of alkyl halides is 3. The number of hydrogen-bond acceptors (Lipinski definition) is 5. The molecule has 0 N–H and O–H groups in total. The van der Waals surface area contributed by atoms with E-state index in [4.69, 9.17) is 9.47 Å². The van der Waals surface area contributed by atoms with Crippen LogP contribution < -0.4 is 19.3 Å². The van der Waals surface area contributed by atoms with Crippen LogP contribution in [0.1, 0.15) is 34.3 Å². The van der Waals surface area contributed by atoms with Gasteiger partial charge in [0.1, 0.15) is 36.3 Å². The van der Waals surface area contributed by atoms with Gasteiger partial charge in [-0.15, -0.1) is 0 Å². The van der Waals surface area contributed by atoms with E-state index in [-0.39, 0.29) is 30.2 Å². The molecule has 0 aliphatic carbocycles. The monoisotopic (exact) mass is 589 g/mol. The smallest absolute Gasteiger partial charge is 0.420 e. The minimum atomic E-state index is -4.83. The number of ether oxygens (including phenoxy) is 2. The first-order valence-corrected chi connectivity index (χ1v) is 14.2. The summed E-state index contributed by atoms with van der Waals surface area (Å²) in [6, 6.07) is 36.5. The van der Waals surface area contributed by atoms with Crippen LogP contribution in [0.25, 0.3) is 0 Å². The van der Waals surface area contributed by atoms with E-state index >= 15 is 13.2 Å². The standard InChI is InChI=1S/C36H26F3N3O2/c37-36(38,39)34-29(41-27-15-7-9-17-32(27)43-22-30(41)24-11-3-1-4-12-24)20-19-26(21-40)35(34)42-28-16-8-10-18-33(28)44-23-31(42)25-13-5-2-6-14-25/h1-20,30-31H,22-23H2. The zero-order valence-corrected chi connectivity index (χ0v) is 23.4. The molecule has 2 heterocycles. The van der Waals surface area contributed by atoms with Crippen molar-refractivity contribution in [2.45, 2.75) is 18.3 Å². The topological polar surface area (TPSA) is 48.7 Å². The normalized spacial score (nSPS) is 17.5. The first-order chi connectivity index (χ1) is 21.5. The molecule has 44 heavy (non-hydrogen) atoms. The highest BCUT2D eigenvalue weighted by Crippen LogP contribution is 2.55. The lowest BCUT2D eigenvalue weighted by molar-refractivity contribution is -0.136. The third-order valence-electron chi connectivity index (χ3n) is 8.10. The largest absolute Gasteiger partial charge is 0.489 e. The summed E-state index contributed by atoms with van der Waals surface area (Å²) >= 11 is 0. The predicted octanol–water partition coefficient (Wildman–Crippen LogP) is 9.12. The van der Waals surface area contributed by atoms with Crippen LogP contribution >= 0.6 is 0 Å². The van der Waals surface area contributed by atoms with Crippen molar-refractivity contribution in [1.29, 1.82) is 5.26 Å². The zero-order valence-electron chi connectivity index (χ0n) is 23.4. The number of benzene rings is 5. The number of nitriles is 1. The Morgan fingerprint density at radius 3 is 1.59 bits per heavy atom. The molecule has 5 aromatic carbocycles. The summed E-state index contributed by atoms with van der Waals surface area (Å²) in [4.78, 5) is 3.33. The maximum atomic E-state index is 15.7. The highest BCUT2D eigenvalue weighted by Gasteiger charge is 2.45. The van der Waals surface area contributed by atoms with E-state index in [2.05, 4.69) is 6.07 Å². The fourth-order valence-electron chi connectivity index (χ4n) is 6.19. The summed E-state index contributed by atoms with van der Waals surface area (Å²) in [6.45, 7) is 0.237. The Morgan fingerprint density at radius 2 is 1.07 bits per heavy atom. The van der Waals surface area contributed by atoms with Gasteiger partial charge in [-0.3, -0.25) is 0 Å². The number of hydrogen-bond donors (Lipinski definition) is 0. The Bertz CT molecular complexity index is 1860. The number of anilines is 4. The lowest BCUT2D eigenvalue weighted by Gasteiger charge is -2.43. The fourth-order valence-corrected chi connectivity index (χ4v) is 6.19.